The lowest BCUT2D eigenvalue weighted by Crippen LogP contribution is -2.36. The van der Waals surface area contributed by atoms with Crippen molar-refractivity contribution in [1.29, 1.82) is 0 Å². The van der Waals surface area contributed by atoms with Crippen LogP contribution in [0.25, 0.3) is 16.3 Å². The van der Waals surface area contributed by atoms with E-state index in [1.54, 1.807) is 23.1 Å². The molecule has 0 bridgehead atoms. The van der Waals surface area contributed by atoms with Gasteiger partial charge in [-0.3, -0.25) is 4.55 Å². The highest BCUT2D eigenvalue weighted by Crippen LogP contribution is 2.45. The standard InChI is InChI=1S/C22H23N3O3S3/c1-2-24-17-8-3-5-10-19(17)29-21(24)14-16(23)15-22-25(12-7-13-31(26,27)28)18-9-4-6-11-20(18)30-22/h3-6,8-11,14-15,23H,2,7,12-13H2,1H3,(H,26,27,28)/p+1/b21-14-. The fourth-order valence-electron chi connectivity index (χ4n) is 3.61. The molecule has 9 heteroatoms. The number of aryl methyl sites for hydroxylation is 1. The summed E-state index contributed by atoms with van der Waals surface area (Å²) >= 11 is 3.31. The molecule has 0 saturated carbocycles. The van der Waals surface area contributed by atoms with Gasteiger partial charge in [-0.2, -0.15) is 13.0 Å². The van der Waals surface area contributed by atoms with Gasteiger partial charge in [0.05, 0.1) is 16.5 Å². The van der Waals surface area contributed by atoms with Crippen LogP contribution in [0.4, 0.5) is 5.69 Å². The molecule has 0 radical (unpaired) electrons. The van der Waals surface area contributed by atoms with E-state index in [9.17, 15) is 8.42 Å². The van der Waals surface area contributed by atoms with E-state index >= 15 is 0 Å². The number of thiazole rings is 1. The number of nitrogens with zero attached hydrogens (tertiary/aromatic N) is 2. The Bertz CT molecular complexity index is 1280. The van der Waals surface area contributed by atoms with E-state index in [1.165, 1.54) is 10.6 Å². The molecule has 3 aromatic rings. The zero-order valence-electron chi connectivity index (χ0n) is 17.1. The van der Waals surface area contributed by atoms with E-state index in [0.29, 0.717) is 18.7 Å². The molecule has 2 heterocycles. The molecule has 1 aliphatic heterocycles. The zero-order chi connectivity index (χ0) is 22.0. The van der Waals surface area contributed by atoms with Crippen LogP contribution in [0.5, 0.6) is 0 Å². The highest BCUT2D eigenvalue weighted by molar-refractivity contribution is 8.03. The summed E-state index contributed by atoms with van der Waals surface area (Å²) < 4.78 is 34.5. The minimum atomic E-state index is -3.99. The van der Waals surface area contributed by atoms with E-state index in [1.807, 2.05) is 48.6 Å². The maximum atomic E-state index is 11.1. The Morgan fingerprint density at radius 2 is 1.94 bits per heavy atom. The third-order valence-electron chi connectivity index (χ3n) is 4.95. The van der Waals surface area contributed by atoms with Gasteiger partial charge in [0.25, 0.3) is 15.1 Å². The largest absolute Gasteiger partial charge is 0.398 e. The van der Waals surface area contributed by atoms with Crippen LogP contribution in [-0.4, -0.2) is 25.3 Å². The van der Waals surface area contributed by atoms with E-state index in [-0.39, 0.29) is 5.75 Å². The maximum absolute atomic E-state index is 11.1. The van der Waals surface area contributed by atoms with Gasteiger partial charge < -0.3 is 10.6 Å². The monoisotopic (exact) mass is 474 g/mol. The minimum absolute atomic E-state index is 0.271. The van der Waals surface area contributed by atoms with Crippen LogP contribution in [0.2, 0.25) is 0 Å². The Labute approximate surface area is 190 Å². The molecular formula is C22H24N3O3S3+. The molecule has 1 aromatic heterocycles. The first-order valence-corrected chi connectivity index (χ1v) is 13.2. The number of aromatic nitrogens is 1. The second-order valence-electron chi connectivity index (χ2n) is 7.14. The van der Waals surface area contributed by atoms with Crippen molar-refractivity contribution in [2.45, 2.75) is 24.8 Å². The van der Waals surface area contributed by atoms with E-state index < -0.39 is 10.1 Å². The Balaban J connectivity index is 1.65. The molecule has 162 valence electrons. The summed E-state index contributed by atoms with van der Waals surface area (Å²) in [5, 5.41) is 2.02. The predicted molar refractivity (Wildman–Crippen MR) is 129 cm³/mol. The van der Waals surface area contributed by atoms with Crippen molar-refractivity contribution >= 4 is 55.2 Å². The van der Waals surface area contributed by atoms with Crippen molar-refractivity contribution in [3.8, 4) is 0 Å². The first kappa shape index (κ1) is 21.9. The number of hydrogen-bond acceptors (Lipinski definition) is 6. The highest BCUT2D eigenvalue weighted by atomic mass is 32.2. The first-order valence-electron chi connectivity index (χ1n) is 9.95. The van der Waals surface area contributed by atoms with Crippen molar-refractivity contribution in [2.75, 3.05) is 17.2 Å². The number of para-hydroxylation sites is 2. The number of allylic oxidation sites excluding steroid dienone is 1. The second-order valence-corrected chi connectivity index (χ2v) is 10.8. The van der Waals surface area contributed by atoms with Crippen molar-refractivity contribution < 1.29 is 17.5 Å². The van der Waals surface area contributed by atoms with Gasteiger partial charge in [-0.15, -0.1) is 0 Å². The smallest absolute Gasteiger partial charge is 0.265 e. The maximum Gasteiger partial charge on any atom is 0.265 e. The molecule has 0 amide bonds. The van der Waals surface area contributed by atoms with Crippen LogP contribution in [0.15, 0.2) is 70.2 Å². The van der Waals surface area contributed by atoms with Gasteiger partial charge in [0.1, 0.15) is 4.70 Å². The van der Waals surface area contributed by atoms with E-state index in [0.717, 1.165) is 26.8 Å². The van der Waals surface area contributed by atoms with E-state index in [4.69, 9.17) is 10.3 Å². The lowest BCUT2D eigenvalue weighted by Gasteiger charge is -2.17. The molecule has 0 aliphatic carbocycles. The average molecular weight is 475 g/mol. The highest BCUT2D eigenvalue weighted by Gasteiger charge is 2.24. The SMILES string of the molecule is CCN1/C(=C/C(N)=C/c2sc3ccccc3[n+]2CCCS(=O)(=O)O)Sc2ccccc21. The molecule has 1 aliphatic rings. The van der Waals surface area contributed by atoms with Crippen molar-refractivity contribution in [3.05, 3.63) is 70.3 Å². The van der Waals surface area contributed by atoms with Crippen LogP contribution in [-0.2, 0) is 16.7 Å². The number of benzene rings is 2. The summed E-state index contributed by atoms with van der Waals surface area (Å²) in [6.45, 7) is 3.44. The molecule has 31 heavy (non-hydrogen) atoms. The number of fused-ring (bicyclic) bond motifs is 2. The summed E-state index contributed by atoms with van der Waals surface area (Å²) in [6.07, 6.45) is 4.24. The van der Waals surface area contributed by atoms with Gasteiger partial charge in [-0.1, -0.05) is 47.4 Å². The van der Waals surface area contributed by atoms with Crippen LogP contribution < -0.4 is 15.2 Å². The molecule has 2 aromatic carbocycles. The minimum Gasteiger partial charge on any atom is -0.398 e. The third kappa shape index (κ3) is 4.95. The molecule has 0 saturated heterocycles. The molecule has 6 nitrogen and oxygen atoms in total. The fraction of sp³-hybridized carbons (Fsp3) is 0.227. The molecule has 0 spiro atoms. The summed E-state index contributed by atoms with van der Waals surface area (Å²) in [4.78, 5) is 3.46. The van der Waals surface area contributed by atoms with Gasteiger partial charge in [0, 0.05) is 35.7 Å². The third-order valence-corrected chi connectivity index (χ3v) is 7.98. The predicted octanol–water partition coefficient (Wildman–Crippen LogP) is 4.24. The quantitative estimate of drug-likeness (QED) is 0.393. The Hall–Kier alpha value is -2.33. The molecule has 0 unspecified atom stereocenters. The zero-order valence-corrected chi connectivity index (χ0v) is 19.5. The van der Waals surface area contributed by atoms with Gasteiger partial charge >= 0.3 is 0 Å². The normalized spacial score (nSPS) is 15.7. The number of rotatable bonds is 7. The fourth-order valence-corrected chi connectivity index (χ4v) is 6.44. The molecule has 0 fully saturated rings. The Morgan fingerprint density at radius 1 is 1.19 bits per heavy atom. The Morgan fingerprint density at radius 3 is 2.71 bits per heavy atom. The van der Waals surface area contributed by atoms with Crippen LogP contribution in [0.3, 0.4) is 0 Å². The first-order chi connectivity index (χ1) is 14.9. The van der Waals surface area contributed by atoms with Crippen LogP contribution in [0.1, 0.15) is 18.4 Å². The molecule has 0 atom stereocenters. The topological polar surface area (TPSA) is 87.5 Å². The average Bonchev–Trinajstić information content (AvgIpc) is 3.24. The van der Waals surface area contributed by atoms with Crippen LogP contribution >= 0.6 is 23.1 Å². The number of nitrogens with two attached hydrogens (primary N) is 1. The molecular weight excluding hydrogens is 450 g/mol. The van der Waals surface area contributed by atoms with Gasteiger partial charge in [0.15, 0.2) is 6.54 Å². The Kier molecular flexibility index (Phi) is 6.38. The lowest BCUT2D eigenvalue weighted by molar-refractivity contribution is -0.668. The summed E-state index contributed by atoms with van der Waals surface area (Å²) in [6, 6.07) is 16.3. The molecule has 4 rings (SSSR count). The van der Waals surface area contributed by atoms with Gasteiger partial charge in [0.2, 0.25) is 5.52 Å². The number of hydrogen-bond donors (Lipinski definition) is 2. The number of thioether (sulfide) groups is 1. The van der Waals surface area contributed by atoms with Crippen molar-refractivity contribution in [3.63, 3.8) is 0 Å². The summed E-state index contributed by atoms with van der Waals surface area (Å²) in [7, 11) is -3.99. The van der Waals surface area contributed by atoms with Crippen molar-refractivity contribution in [2.24, 2.45) is 5.73 Å². The summed E-state index contributed by atoms with van der Waals surface area (Å²) in [5.74, 6) is -0.271. The van der Waals surface area contributed by atoms with E-state index in [2.05, 4.69) is 28.5 Å². The number of anilines is 1. The molecule has 3 N–H and O–H groups in total. The van der Waals surface area contributed by atoms with Gasteiger partial charge in [-0.25, -0.2) is 0 Å². The summed E-state index contributed by atoms with van der Waals surface area (Å²) in [5.41, 5.74) is 9.27. The second kappa shape index (κ2) is 9.04. The lowest BCUT2D eigenvalue weighted by atomic mass is 10.3. The van der Waals surface area contributed by atoms with Gasteiger partial charge in [-0.05, 0) is 31.2 Å². The van der Waals surface area contributed by atoms with Crippen molar-refractivity contribution in [1.82, 2.24) is 0 Å². The van der Waals surface area contributed by atoms with Crippen LogP contribution in [0, 0.1) is 0 Å².